The van der Waals surface area contributed by atoms with Crippen LogP contribution in [0.25, 0.3) is 0 Å². The third-order valence-electron chi connectivity index (χ3n) is 10.3. The van der Waals surface area contributed by atoms with Crippen LogP contribution in [0.5, 0.6) is 0 Å². The standard InChI is InChI=1S/C45H56N6O10/c1-31(2)38(32(3)4)61-45(57)50-26-24-49(25-27-50)44(56)51-37(40(53)58-28-33-16-8-5-9-17-33)36(39(51)52)22-14-15-23-46-41(47-42(54)59-29-34-18-10-6-11-19-34)48-43(55)60-30-35-20-12-7-13-21-35/h5-13,16-21,31-32,36-38H,14-15,22-30H2,1-4H3,(H2,46,47,48,54,55). The number of rotatable bonds is 15. The van der Waals surface area contributed by atoms with E-state index in [1.165, 1.54) is 4.90 Å². The zero-order valence-corrected chi connectivity index (χ0v) is 35.2. The second-order valence-electron chi connectivity index (χ2n) is 15.5. The summed E-state index contributed by atoms with van der Waals surface area (Å²) in [6.45, 7) is 8.78. The molecule has 5 rings (SSSR count). The molecule has 0 bridgehead atoms. The first-order valence-electron chi connectivity index (χ1n) is 20.7. The van der Waals surface area contributed by atoms with Crippen molar-refractivity contribution in [3.8, 4) is 0 Å². The molecule has 2 aliphatic rings. The van der Waals surface area contributed by atoms with E-state index < -0.39 is 48.1 Å². The molecule has 326 valence electrons. The number of benzene rings is 3. The van der Waals surface area contributed by atoms with Gasteiger partial charge in [-0.05, 0) is 41.4 Å². The van der Waals surface area contributed by atoms with Crippen molar-refractivity contribution >= 4 is 42.1 Å². The van der Waals surface area contributed by atoms with Crippen molar-refractivity contribution in [3.05, 3.63) is 108 Å². The lowest BCUT2D eigenvalue weighted by Crippen LogP contribution is -2.69. The number of likely N-dealkylation sites (tertiary alicyclic amines) is 1. The number of carbonyl (C=O) groups excluding carboxylic acids is 6. The van der Waals surface area contributed by atoms with Crippen LogP contribution in [0.15, 0.2) is 96.0 Å². The molecule has 0 spiro atoms. The first-order chi connectivity index (χ1) is 29.4. The predicted octanol–water partition coefficient (Wildman–Crippen LogP) is 6.49. The van der Waals surface area contributed by atoms with E-state index in [1.807, 2.05) is 82.3 Å². The van der Waals surface area contributed by atoms with E-state index in [4.69, 9.17) is 18.9 Å². The molecular formula is C45H56N6O10. The summed E-state index contributed by atoms with van der Waals surface area (Å²) in [4.78, 5) is 87.7. The van der Waals surface area contributed by atoms with Gasteiger partial charge in [-0.3, -0.25) is 20.4 Å². The van der Waals surface area contributed by atoms with Crippen LogP contribution in [0.1, 0.15) is 63.6 Å². The molecule has 2 aliphatic heterocycles. The quantitative estimate of drug-likeness (QED) is 0.0428. The first kappa shape index (κ1) is 45.6. The lowest BCUT2D eigenvalue weighted by molar-refractivity contribution is -0.171. The Hall–Kier alpha value is -6.45. The number of imide groups is 1. The number of ether oxygens (including phenoxy) is 4. The van der Waals surface area contributed by atoms with Crippen LogP contribution in [-0.2, 0) is 48.4 Å². The largest absolute Gasteiger partial charge is 0.459 e. The van der Waals surface area contributed by atoms with Crippen molar-refractivity contribution in [2.24, 2.45) is 22.7 Å². The summed E-state index contributed by atoms with van der Waals surface area (Å²) in [5, 5.41) is 4.91. The Morgan fingerprint density at radius 3 is 1.59 bits per heavy atom. The van der Waals surface area contributed by atoms with Gasteiger partial charge < -0.3 is 28.7 Å². The first-order valence-corrected chi connectivity index (χ1v) is 20.7. The molecule has 3 aromatic carbocycles. The normalized spacial score (nSPS) is 16.1. The van der Waals surface area contributed by atoms with E-state index in [9.17, 15) is 28.8 Å². The van der Waals surface area contributed by atoms with Gasteiger partial charge >= 0.3 is 30.3 Å². The Morgan fingerprint density at radius 1 is 0.656 bits per heavy atom. The zero-order chi connectivity index (χ0) is 43.7. The average molecular weight is 841 g/mol. The minimum atomic E-state index is -1.15. The smallest absolute Gasteiger partial charge is 0.414 e. The summed E-state index contributed by atoms with van der Waals surface area (Å²) < 4.78 is 22.0. The Morgan fingerprint density at radius 2 is 1.11 bits per heavy atom. The molecule has 16 nitrogen and oxygen atoms in total. The van der Waals surface area contributed by atoms with E-state index in [-0.39, 0.29) is 82.9 Å². The highest BCUT2D eigenvalue weighted by molar-refractivity contribution is 6.08. The van der Waals surface area contributed by atoms with E-state index in [0.29, 0.717) is 12.8 Å². The molecule has 16 heteroatoms. The van der Waals surface area contributed by atoms with Crippen LogP contribution >= 0.6 is 0 Å². The number of alkyl carbamates (subject to hydrolysis) is 2. The van der Waals surface area contributed by atoms with Gasteiger partial charge in [0.1, 0.15) is 25.9 Å². The van der Waals surface area contributed by atoms with Gasteiger partial charge in [-0.25, -0.2) is 28.9 Å². The number of guanidine groups is 1. The van der Waals surface area contributed by atoms with Gasteiger partial charge in [-0.2, -0.15) is 0 Å². The monoisotopic (exact) mass is 840 g/mol. The van der Waals surface area contributed by atoms with Crippen LogP contribution in [0.4, 0.5) is 19.2 Å². The SMILES string of the molecule is CC(C)C(OC(=O)N1CCN(C(=O)N2C(=O)C(CCCCN=C(NC(=O)OCc3ccccc3)NC(=O)OCc3ccccc3)C2C(=O)OCc2ccccc2)CC1)C(C)C. The molecule has 2 heterocycles. The van der Waals surface area contributed by atoms with Crippen molar-refractivity contribution < 1.29 is 47.7 Å². The summed E-state index contributed by atoms with van der Waals surface area (Å²) >= 11 is 0. The van der Waals surface area contributed by atoms with E-state index in [2.05, 4.69) is 15.6 Å². The second-order valence-corrected chi connectivity index (χ2v) is 15.5. The van der Waals surface area contributed by atoms with Crippen LogP contribution in [0.3, 0.4) is 0 Å². The number of β-lactam (4-membered cyclic amide) rings is 1. The number of aliphatic imine (C=N–C) groups is 1. The lowest BCUT2D eigenvalue weighted by atomic mass is 9.83. The Bertz CT molecular complexity index is 1890. The van der Waals surface area contributed by atoms with Gasteiger partial charge in [-0.15, -0.1) is 0 Å². The third kappa shape index (κ3) is 13.5. The van der Waals surface area contributed by atoms with Crippen LogP contribution in [0, 0.1) is 17.8 Å². The number of amides is 6. The highest BCUT2D eigenvalue weighted by Gasteiger charge is 2.56. The fourth-order valence-electron chi connectivity index (χ4n) is 7.08. The van der Waals surface area contributed by atoms with Crippen LogP contribution < -0.4 is 10.6 Å². The molecule has 0 radical (unpaired) electrons. The summed E-state index contributed by atoms with van der Waals surface area (Å²) in [5.74, 6) is -1.94. The topological polar surface area (TPSA) is 185 Å². The number of nitrogens with zero attached hydrogens (tertiary/aromatic N) is 4. The minimum absolute atomic E-state index is 0.00953. The lowest BCUT2D eigenvalue weighted by Gasteiger charge is -2.46. The molecule has 2 unspecified atom stereocenters. The maximum Gasteiger partial charge on any atom is 0.414 e. The van der Waals surface area contributed by atoms with Gasteiger partial charge in [0.05, 0.1) is 5.92 Å². The van der Waals surface area contributed by atoms with Crippen LogP contribution in [0.2, 0.25) is 0 Å². The summed E-state index contributed by atoms with van der Waals surface area (Å²) in [5.41, 5.74) is 2.28. The Balaban J connectivity index is 1.18. The van der Waals surface area contributed by atoms with Crippen molar-refractivity contribution in [1.82, 2.24) is 25.3 Å². The molecular weight excluding hydrogens is 785 g/mol. The maximum atomic E-state index is 13.8. The minimum Gasteiger partial charge on any atom is -0.459 e. The summed E-state index contributed by atoms with van der Waals surface area (Å²) in [6.07, 6.45) is -1.36. The Kier molecular flexibility index (Phi) is 17.0. The molecule has 0 saturated carbocycles. The van der Waals surface area contributed by atoms with Gasteiger partial charge in [0.15, 0.2) is 6.04 Å². The molecule has 61 heavy (non-hydrogen) atoms. The molecule has 2 N–H and O–H groups in total. The fraction of sp³-hybridized carbons (Fsp3) is 0.444. The Labute approximate surface area is 356 Å². The van der Waals surface area contributed by atoms with E-state index in [1.54, 1.807) is 41.3 Å². The number of carbonyl (C=O) groups is 6. The molecule has 6 amide bonds. The maximum absolute atomic E-state index is 13.8. The van der Waals surface area contributed by atoms with Crippen molar-refractivity contribution in [3.63, 3.8) is 0 Å². The number of urea groups is 1. The molecule has 0 aliphatic carbocycles. The van der Waals surface area contributed by atoms with Crippen molar-refractivity contribution in [2.75, 3.05) is 32.7 Å². The molecule has 0 aromatic heterocycles. The third-order valence-corrected chi connectivity index (χ3v) is 10.3. The van der Waals surface area contributed by atoms with E-state index in [0.717, 1.165) is 21.6 Å². The highest BCUT2D eigenvalue weighted by atomic mass is 16.6. The van der Waals surface area contributed by atoms with Crippen molar-refractivity contribution in [2.45, 2.75) is 78.9 Å². The number of esters is 1. The molecule has 2 fully saturated rings. The zero-order valence-electron chi connectivity index (χ0n) is 35.2. The highest BCUT2D eigenvalue weighted by Crippen LogP contribution is 2.34. The van der Waals surface area contributed by atoms with Crippen LogP contribution in [-0.4, -0.2) is 102 Å². The average Bonchev–Trinajstić information content (AvgIpc) is 3.26. The van der Waals surface area contributed by atoms with Gasteiger partial charge in [-0.1, -0.05) is 125 Å². The molecule has 2 saturated heterocycles. The van der Waals surface area contributed by atoms with Gasteiger partial charge in [0, 0.05) is 32.7 Å². The number of hydrogen-bond acceptors (Lipinski definition) is 11. The number of piperazine rings is 1. The molecule has 2 atom stereocenters. The summed E-state index contributed by atoms with van der Waals surface area (Å²) in [6, 6.07) is 25.5. The predicted molar refractivity (Wildman–Crippen MR) is 225 cm³/mol. The van der Waals surface area contributed by atoms with Gasteiger partial charge in [0.2, 0.25) is 11.9 Å². The second kappa shape index (κ2) is 22.8. The number of unbranched alkanes of at least 4 members (excludes halogenated alkanes) is 1. The van der Waals surface area contributed by atoms with Crippen molar-refractivity contribution in [1.29, 1.82) is 0 Å². The fourth-order valence-corrected chi connectivity index (χ4v) is 7.08. The number of hydrogen-bond donors (Lipinski definition) is 2. The van der Waals surface area contributed by atoms with Gasteiger partial charge in [0.25, 0.3) is 0 Å². The van der Waals surface area contributed by atoms with E-state index >= 15 is 0 Å². The summed E-state index contributed by atoms with van der Waals surface area (Å²) in [7, 11) is 0. The molecule has 3 aromatic rings. The number of nitrogens with one attached hydrogen (secondary N) is 2.